The maximum absolute atomic E-state index is 14.2. The average molecular weight is 475 g/mol. The van der Waals surface area contributed by atoms with Crippen molar-refractivity contribution in [2.45, 2.75) is 24.4 Å². The molecule has 0 radical (unpaired) electrons. The highest BCUT2D eigenvalue weighted by atomic mass is 35.5. The fourth-order valence-electron chi connectivity index (χ4n) is 5.98. The lowest BCUT2D eigenvalue weighted by Crippen LogP contribution is -2.54. The highest BCUT2D eigenvalue weighted by Gasteiger charge is 2.65. The SMILES string of the molecule is COc1ccc2c(c1)OCC1C2N2C(=O)c3cc(Cl)ccc3NC(=O)[C@@]2(C)C1c1ccccc1. The Morgan fingerprint density at radius 1 is 1.09 bits per heavy atom. The van der Waals surface area contributed by atoms with Crippen molar-refractivity contribution in [3.05, 3.63) is 88.4 Å². The van der Waals surface area contributed by atoms with Crippen molar-refractivity contribution >= 4 is 29.1 Å². The van der Waals surface area contributed by atoms with E-state index in [9.17, 15) is 9.59 Å². The molecule has 0 bridgehead atoms. The Morgan fingerprint density at radius 2 is 1.88 bits per heavy atom. The van der Waals surface area contributed by atoms with Gasteiger partial charge in [-0.3, -0.25) is 9.59 Å². The predicted octanol–water partition coefficient (Wildman–Crippen LogP) is 5.05. The van der Waals surface area contributed by atoms with Crippen molar-refractivity contribution in [2.24, 2.45) is 5.92 Å². The van der Waals surface area contributed by atoms with Gasteiger partial charge in [0.15, 0.2) is 0 Å². The van der Waals surface area contributed by atoms with Gasteiger partial charge in [-0.2, -0.15) is 0 Å². The van der Waals surface area contributed by atoms with E-state index < -0.39 is 5.54 Å². The van der Waals surface area contributed by atoms with Gasteiger partial charge in [0.2, 0.25) is 0 Å². The van der Waals surface area contributed by atoms with Crippen molar-refractivity contribution in [2.75, 3.05) is 19.0 Å². The van der Waals surface area contributed by atoms with Gasteiger partial charge in [-0.15, -0.1) is 0 Å². The molecule has 0 aliphatic carbocycles. The zero-order valence-electron chi connectivity index (χ0n) is 18.7. The zero-order valence-corrected chi connectivity index (χ0v) is 19.5. The Labute approximate surface area is 202 Å². The number of nitrogens with one attached hydrogen (secondary N) is 1. The lowest BCUT2D eigenvalue weighted by atomic mass is 9.73. The third kappa shape index (κ3) is 2.81. The van der Waals surface area contributed by atoms with Gasteiger partial charge in [0.05, 0.1) is 31.0 Å². The first kappa shape index (κ1) is 21.1. The van der Waals surface area contributed by atoms with Crippen molar-refractivity contribution in [3.63, 3.8) is 0 Å². The molecule has 2 amide bonds. The van der Waals surface area contributed by atoms with Crippen LogP contribution in [0.1, 0.15) is 40.4 Å². The van der Waals surface area contributed by atoms with Crippen LogP contribution in [-0.4, -0.2) is 36.0 Å². The Hall–Kier alpha value is -3.51. The highest BCUT2D eigenvalue weighted by Crippen LogP contribution is 2.60. The van der Waals surface area contributed by atoms with Crippen LogP contribution in [0.2, 0.25) is 5.02 Å². The number of hydrogen-bond donors (Lipinski definition) is 1. The number of carbonyl (C=O) groups is 2. The van der Waals surface area contributed by atoms with Crippen LogP contribution in [0.5, 0.6) is 11.5 Å². The summed E-state index contributed by atoms with van der Waals surface area (Å²) >= 11 is 6.27. The van der Waals surface area contributed by atoms with E-state index in [1.165, 1.54) is 0 Å². The molecule has 3 aromatic rings. The summed E-state index contributed by atoms with van der Waals surface area (Å²) < 4.78 is 11.6. The molecule has 6 nitrogen and oxygen atoms in total. The number of fused-ring (bicyclic) bond motifs is 6. The first-order valence-corrected chi connectivity index (χ1v) is 11.6. The molecular weight excluding hydrogens is 452 g/mol. The van der Waals surface area contributed by atoms with Gasteiger partial charge in [-0.05, 0) is 42.8 Å². The molecule has 3 aliphatic rings. The Morgan fingerprint density at radius 3 is 2.65 bits per heavy atom. The number of methoxy groups -OCH3 is 1. The van der Waals surface area contributed by atoms with Gasteiger partial charge in [-0.1, -0.05) is 41.9 Å². The zero-order chi connectivity index (χ0) is 23.6. The minimum absolute atomic E-state index is 0.122. The third-order valence-corrected chi connectivity index (χ3v) is 7.72. The normalized spacial score (nSPS) is 26.9. The smallest absolute Gasteiger partial charge is 0.257 e. The number of hydrogen-bond acceptors (Lipinski definition) is 4. The molecule has 3 aliphatic heterocycles. The van der Waals surface area contributed by atoms with Crippen LogP contribution in [0.3, 0.4) is 0 Å². The number of benzene rings is 3. The molecule has 0 saturated carbocycles. The van der Waals surface area contributed by atoms with Gasteiger partial charge in [-0.25, -0.2) is 0 Å². The lowest BCUT2D eigenvalue weighted by Gasteiger charge is -2.38. The van der Waals surface area contributed by atoms with E-state index in [4.69, 9.17) is 21.1 Å². The molecular formula is C27H23ClN2O4. The van der Waals surface area contributed by atoms with E-state index in [-0.39, 0.29) is 29.7 Å². The molecule has 3 unspecified atom stereocenters. The summed E-state index contributed by atoms with van der Waals surface area (Å²) in [6.07, 6.45) is 0. The Kier molecular flexibility index (Phi) is 4.64. The van der Waals surface area contributed by atoms with Crippen LogP contribution in [0, 0.1) is 5.92 Å². The second-order valence-corrected chi connectivity index (χ2v) is 9.61. The van der Waals surface area contributed by atoms with Crippen molar-refractivity contribution in [1.29, 1.82) is 0 Å². The molecule has 34 heavy (non-hydrogen) atoms. The second-order valence-electron chi connectivity index (χ2n) is 9.18. The monoisotopic (exact) mass is 474 g/mol. The largest absolute Gasteiger partial charge is 0.497 e. The van der Waals surface area contributed by atoms with Crippen LogP contribution in [0.4, 0.5) is 5.69 Å². The number of anilines is 1. The van der Waals surface area contributed by atoms with Crippen LogP contribution < -0.4 is 14.8 Å². The number of nitrogens with zero attached hydrogens (tertiary/aromatic N) is 1. The predicted molar refractivity (Wildman–Crippen MR) is 129 cm³/mol. The molecule has 1 N–H and O–H groups in total. The maximum Gasteiger partial charge on any atom is 0.257 e. The molecule has 3 aromatic carbocycles. The molecule has 0 spiro atoms. The summed E-state index contributed by atoms with van der Waals surface area (Å²) in [5.41, 5.74) is 1.58. The van der Waals surface area contributed by atoms with Gasteiger partial charge in [0.25, 0.3) is 11.8 Å². The van der Waals surface area contributed by atoms with Gasteiger partial charge in [0.1, 0.15) is 17.0 Å². The van der Waals surface area contributed by atoms with Crippen molar-refractivity contribution in [1.82, 2.24) is 4.90 Å². The summed E-state index contributed by atoms with van der Waals surface area (Å²) in [4.78, 5) is 29.9. The van der Waals surface area contributed by atoms with Gasteiger partial charge >= 0.3 is 0 Å². The summed E-state index contributed by atoms with van der Waals surface area (Å²) in [6.45, 7) is 2.24. The molecule has 4 atom stereocenters. The number of ether oxygens (including phenoxy) is 2. The lowest BCUT2D eigenvalue weighted by molar-refractivity contribution is -0.125. The molecule has 6 rings (SSSR count). The number of rotatable bonds is 2. The molecule has 1 fully saturated rings. The molecule has 3 heterocycles. The minimum atomic E-state index is -1.15. The standard InChI is InChI=1S/C27H23ClN2O4/c1-27-23(15-6-4-3-5-7-15)20-14-34-22-13-17(33-2)9-10-18(22)24(20)30(27)25(31)19-12-16(28)8-11-21(19)29-26(27)32/h3-13,20,23-24H,14H2,1-2H3,(H,29,32)/t20?,23?,24?,27-/m1/s1. The average Bonchev–Trinajstić information content (AvgIpc) is 3.10. The fourth-order valence-corrected chi connectivity index (χ4v) is 6.16. The third-order valence-electron chi connectivity index (χ3n) is 7.49. The van der Waals surface area contributed by atoms with Crippen LogP contribution in [-0.2, 0) is 4.79 Å². The summed E-state index contributed by atoms with van der Waals surface area (Å²) in [5.74, 6) is 0.497. The molecule has 172 valence electrons. The van der Waals surface area contributed by atoms with E-state index in [0.717, 1.165) is 11.1 Å². The maximum atomic E-state index is 14.2. The van der Waals surface area contributed by atoms with Crippen LogP contribution >= 0.6 is 11.6 Å². The number of carbonyl (C=O) groups excluding carboxylic acids is 2. The van der Waals surface area contributed by atoms with E-state index in [0.29, 0.717) is 34.4 Å². The first-order valence-electron chi connectivity index (χ1n) is 11.2. The van der Waals surface area contributed by atoms with Crippen LogP contribution in [0.25, 0.3) is 0 Å². The molecule has 0 aromatic heterocycles. The van der Waals surface area contributed by atoms with E-state index in [1.54, 1.807) is 30.2 Å². The number of amides is 2. The number of halogens is 1. The van der Waals surface area contributed by atoms with Gasteiger partial charge in [0, 0.05) is 28.5 Å². The van der Waals surface area contributed by atoms with Crippen LogP contribution in [0.15, 0.2) is 66.7 Å². The summed E-state index contributed by atoms with van der Waals surface area (Å²) in [7, 11) is 1.61. The van der Waals surface area contributed by atoms with Gasteiger partial charge < -0.3 is 19.7 Å². The van der Waals surface area contributed by atoms with E-state index in [1.807, 2.05) is 55.5 Å². The van der Waals surface area contributed by atoms with E-state index in [2.05, 4.69) is 5.32 Å². The van der Waals surface area contributed by atoms with E-state index >= 15 is 0 Å². The quantitative estimate of drug-likeness (QED) is 0.564. The second kappa shape index (κ2) is 7.50. The molecule has 1 saturated heterocycles. The Balaban J connectivity index is 1.61. The minimum Gasteiger partial charge on any atom is -0.497 e. The molecule has 7 heteroatoms. The summed E-state index contributed by atoms with van der Waals surface area (Å²) in [5, 5.41) is 3.46. The van der Waals surface area contributed by atoms with Crippen molar-refractivity contribution in [3.8, 4) is 11.5 Å². The topological polar surface area (TPSA) is 67.9 Å². The van der Waals surface area contributed by atoms with Crippen molar-refractivity contribution < 1.29 is 19.1 Å². The Bertz CT molecular complexity index is 1330. The fraction of sp³-hybridized carbons (Fsp3) is 0.259. The first-order chi connectivity index (χ1) is 16.4. The summed E-state index contributed by atoms with van der Waals surface area (Å²) in [6, 6.07) is 20.2. The highest BCUT2D eigenvalue weighted by molar-refractivity contribution is 6.31.